The third kappa shape index (κ3) is 4.61. The number of nitrogens with one attached hydrogen (secondary N) is 1. The number of hydrogen-bond acceptors (Lipinski definition) is 4. The molecule has 0 unspecified atom stereocenters. The van der Waals surface area contributed by atoms with Gasteiger partial charge in [-0.15, -0.1) is 0 Å². The lowest BCUT2D eigenvalue weighted by molar-refractivity contribution is 0.0588. The third-order valence-corrected chi connectivity index (χ3v) is 4.12. The van der Waals surface area contributed by atoms with E-state index in [1.165, 1.54) is 12.0 Å². The quantitative estimate of drug-likeness (QED) is 0.604. The van der Waals surface area contributed by atoms with Gasteiger partial charge in [0.15, 0.2) is 5.78 Å². The maximum absolute atomic E-state index is 12.9. The lowest BCUT2D eigenvalue weighted by Crippen LogP contribution is -2.45. The number of carbonyl (C=O) groups excluding carboxylic acids is 3. The Kier molecular flexibility index (Phi) is 7.21. The fraction of sp³-hybridized carbons (Fsp3) is 0.611. The van der Waals surface area contributed by atoms with Gasteiger partial charge in [-0.2, -0.15) is 0 Å². The predicted molar refractivity (Wildman–Crippen MR) is 96.1 cm³/mol. The van der Waals surface area contributed by atoms with Gasteiger partial charge in [0.1, 0.15) is 5.69 Å². The zero-order valence-electron chi connectivity index (χ0n) is 16.2. The predicted octanol–water partition coefficient (Wildman–Crippen LogP) is 2.44. The van der Waals surface area contributed by atoms with Crippen molar-refractivity contribution in [3.63, 3.8) is 0 Å². The van der Waals surface area contributed by atoms with Gasteiger partial charge in [-0.25, -0.2) is 9.59 Å². The van der Waals surface area contributed by atoms with Gasteiger partial charge in [0.2, 0.25) is 0 Å². The molecule has 7 nitrogen and oxygen atoms in total. The van der Waals surface area contributed by atoms with Crippen LogP contribution in [-0.2, 0) is 11.8 Å². The second-order valence-corrected chi connectivity index (χ2v) is 6.43. The van der Waals surface area contributed by atoms with E-state index in [1.807, 2.05) is 20.8 Å². The Morgan fingerprint density at radius 1 is 1.24 bits per heavy atom. The van der Waals surface area contributed by atoms with Gasteiger partial charge >= 0.3 is 12.0 Å². The van der Waals surface area contributed by atoms with Crippen molar-refractivity contribution in [2.45, 2.75) is 47.1 Å². The first-order chi connectivity index (χ1) is 11.6. The molecule has 0 bridgehead atoms. The minimum absolute atomic E-state index is 0.00640. The second-order valence-electron chi connectivity index (χ2n) is 6.43. The van der Waals surface area contributed by atoms with Gasteiger partial charge in [-0.3, -0.25) is 4.79 Å². The van der Waals surface area contributed by atoms with E-state index in [-0.39, 0.29) is 24.4 Å². The minimum Gasteiger partial charge on any atom is -0.464 e. The highest BCUT2D eigenvalue weighted by atomic mass is 16.5. The van der Waals surface area contributed by atoms with Crippen molar-refractivity contribution >= 4 is 17.8 Å². The van der Waals surface area contributed by atoms with E-state index in [0.29, 0.717) is 29.1 Å². The Morgan fingerprint density at radius 2 is 1.84 bits per heavy atom. The molecule has 0 saturated carbocycles. The first kappa shape index (κ1) is 20.7. The molecule has 0 fully saturated rings. The molecule has 0 radical (unpaired) electrons. The molecule has 2 amide bonds. The van der Waals surface area contributed by atoms with E-state index in [0.717, 1.165) is 6.42 Å². The van der Waals surface area contributed by atoms with E-state index < -0.39 is 5.97 Å². The number of ether oxygens (including phenoxy) is 1. The van der Waals surface area contributed by atoms with Crippen LogP contribution in [0, 0.1) is 13.8 Å². The van der Waals surface area contributed by atoms with Crippen LogP contribution in [0.1, 0.15) is 59.3 Å². The smallest absolute Gasteiger partial charge is 0.354 e. The standard InChI is InChI=1S/C18H29N3O4/c1-8-9-21(18(24)19-11(2)3)10-14(22)15-12(4)16(17(23)25-7)20(6)13(15)5/h11H,8-10H2,1-7H3,(H,19,24). The number of carbonyl (C=O) groups is 3. The zero-order valence-corrected chi connectivity index (χ0v) is 16.2. The number of hydrogen-bond donors (Lipinski definition) is 1. The molecule has 140 valence electrons. The molecule has 0 atom stereocenters. The van der Waals surface area contributed by atoms with Crippen LogP contribution < -0.4 is 5.32 Å². The number of ketones is 1. The summed E-state index contributed by atoms with van der Waals surface area (Å²) in [5, 5.41) is 2.81. The van der Waals surface area contributed by atoms with Crippen LogP contribution in [-0.4, -0.2) is 53.5 Å². The van der Waals surface area contributed by atoms with E-state index in [2.05, 4.69) is 5.32 Å². The molecule has 0 spiro atoms. The Morgan fingerprint density at radius 3 is 2.32 bits per heavy atom. The molecule has 0 aliphatic carbocycles. The number of amides is 2. The average molecular weight is 351 g/mol. The summed E-state index contributed by atoms with van der Waals surface area (Å²) in [6, 6.07) is -0.266. The summed E-state index contributed by atoms with van der Waals surface area (Å²) >= 11 is 0. The van der Waals surface area contributed by atoms with Gasteiger partial charge in [-0.1, -0.05) is 6.92 Å². The summed E-state index contributed by atoms with van der Waals surface area (Å²) in [5.74, 6) is -0.668. The van der Waals surface area contributed by atoms with Crippen LogP contribution in [0.25, 0.3) is 0 Å². The number of rotatable bonds is 7. The fourth-order valence-corrected chi connectivity index (χ4v) is 2.89. The average Bonchev–Trinajstić information content (AvgIpc) is 2.75. The lowest BCUT2D eigenvalue weighted by atomic mass is 10.1. The lowest BCUT2D eigenvalue weighted by Gasteiger charge is -2.23. The summed E-state index contributed by atoms with van der Waals surface area (Å²) in [7, 11) is 3.03. The van der Waals surface area contributed by atoms with Crippen LogP contribution in [0.2, 0.25) is 0 Å². The molecular weight excluding hydrogens is 322 g/mol. The molecule has 25 heavy (non-hydrogen) atoms. The third-order valence-electron chi connectivity index (χ3n) is 4.12. The van der Waals surface area contributed by atoms with Crippen molar-refractivity contribution in [2.75, 3.05) is 20.2 Å². The van der Waals surface area contributed by atoms with E-state index in [4.69, 9.17) is 4.74 Å². The molecule has 0 aliphatic heterocycles. The molecule has 7 heteroatoms. The molecular formula is C18H29N3O4. The Bertz CT molecular complexity index is 662. The number of urea groups is 1. The number of aromatic nitrogens is 1. The second kappa shape index (κ2) is 8.69. The molecule has 1 aromatic heterocycles. The number of Topliss-reactive ketones (excluding diaryl/α,β-unsaturated/α-hetero) is 1. The summed E-state index contributed by atoms with van der Waals surface area (Å²) in [6.45, 7) is 9.66. The number of methoxy groups -OCH3 is 1. The fourth-order valence-electron chi connectivity index (χ4n) is 2.89. The highest BCUT2D eigenvalue weighted by molar-refractivity contribution is 6.04. The van der Waals surface area contributed by atoms with E-state index in [9.17, 15) is 14.4 Å². The van der Waals surface area contributed by atoms with Crippen LogP contribution >= 0.6 is 0 Å². The Labute approximate surface area is 149 Å². The number of esters is 1. The highest BCUT2D eigenvalue weighted by Gasteiger charge is 2.27. The maximum atomic E-state index is 12.9. The first-order valence-electron chi connectivity index (χ1n) is 8.48. The topological polar surface area (TPSA) is 80.6 Å². The Hall–Kier alpha value is -2.31. The Balaban J connectivity index is 3.14. The number of nitrogens with zero attached hydrogens (tertiary/aromatic N) is 2. The van der Waals surface area contributed by atoms with Crippen molar-refractivity contribution in [1.29, 1.82) is 0 Å². The van der Waals surface area contributed by atoms with E-state index in [1.54, 1.807) is 25.5 Å². The molecule has 1 aromatic rings. The van der Waals surface area contributed by atoms with Crippen LogP contribution in [0.5, 0.6) is 0 Å². The van der Waals surface area contributed by atoms with Crippen molar-refractivity contribution < 1.29 is 19.1 Å². The summed E-state index contributed by atoms with van der Waals surface area (Å²) in [4.78, 5) is 38.6. The summed E-state index contributed by atoms with van der Waals surface area (Å²) < 4.78 is 6.46. The maximum Gasteiger partial charge on any atom is 0.354 e. The van der Waals surface area contributed by atoms with Gasteiger partial charge in [0.25, 0.3) is 0 Å². The van der Waals surface area contributed by atoms with Crippen molar-refractivity contribution in [2.24, 2.45) is 7.05 Å². The van der Waals surface area contributed by atoms with E-state index >= 15 is 0 Å². The van der Waals surface area contributed by atoms with Crippen LogP contribution in [0.15, 0.2) is 0 Å². The zero-order chi connectivity index (χ0) is 19.3. The van der Waals surface area contributed by atoms with Gasteiger partial charge in [0, 0.05) is 30.9 Å². The van der Waals surface area contributed by atoms with Crippen molar-refractivity contribution in [3.8, 4) is 0 Å². The molecule has 0 aliphatic rings. The van der Waals surface area contributed by atoms with Crippen molar-refractivity contribution in [3.05, 3.63) is 22.5 Å². The molecule has 1 N–H and O–H groups in total. The van der Waals surface area contributed by atoms with Gasteiger partial charge in [0.05, 0.1) is 13.7 Å². The van der Waals surface area contributed by atoms with Crippen LogP contribution in [0.3, 0.4) is 0 Å². The normalized spacial score (nSPS) is 10.7. The van der Waals surface area contributed by atoms with Crippen molar-refractivity contribution in [1.82, 2.24) is 14.8 Å². The highest BCUT2D eigenvalue weighted by Crippen LogP contribution is 2.22. The summed E-state index contributed by atoms with van der Waals surface area (Å²) in [6.07, 6.45) is 0.749. The largest absolute Gasteiger partial charge is 0.464 e. The molecule has 0 saturated heterocycles. The van der Waals surface area contributed by atoms with Gasteiger partial charge in [-0.05, 0) is 39.7 Å². The monoisotopic (exact) mass is 351 g/mol. The van der Waals surface area contributed by atoms with Crippen LogP contribution in [0.4, 0.5) is 4.79 Å². The molecule has 0 aromatic carbocycles. The van der Waals surface area contributed by atoms with Gasteiger partial charge < -0.3 is 19.5 Å². The molecule has 1 heterocycles. The summed E-state index contributed by atoms with van der Waals surface area (Å²) in [5.41, 5.74) is 2.10. The minimum atomic E-state index is -0.481. The first-order valence-corrected chi connectivity index (χ1v) is 8.48. The SMILES string of the molecule is CCCN(CC(=O)c1c(C)c(C(=O)OC)n(C)c1C)C(=O)NC(C)C. The molecule has 1 rings (SSSR count).